The smallest absolute Gasteiger partial charge is 0.259 e. The first-order valence-corrected chi connectivity index (χ1v) is 7.40. The van der Waals surface area contributed by atoms with Crippen molar-refractivity contribution in [2.75, 3.05) is 0 Å². The maximum atomic E-state index is 12.4. The van der Waals surface area contributed by atoms with Crippen molar-refractivity contribution < 1.29 is 9.59 Å². The average Bonchev–Trinajstić information content (AvgIpc) is 2.87. The van der Waals surface area contributed by atoms with Gasteiger partial charge in [0.2, 0.25) is 5.91 Å². The number of pyridine rings is 1. The van der Waals surface area contributed by atoms with Crippen LogP contribution < -0.4 is 17.0 Å². The number of carbonyl (C=O) groups excluding carboxylic acids is 2. The van der Waals surface area contributed by atoms with Crippen LogP contribution >= 0.6 is 11.3 Å². The summed E-state index contributed by atoms with van der Waals surface area (Å²) >= 11 is 1.12. The predicted molar refractivity (Wildman–Crippen MR) is 86.1 cm³/mol. The van der Waals surface area contributed by atoms with E-state index >= 15 is 0 Å². The molecule has 1 unspecified atom stereocenters. The van der Waals surface area contributed by atoms with Gasteiger partial charge in [0.1, 0.15) is 0 Å². The molecule has 0 saturated carbocycles. The number of amides is 2. The minimum Gasteiger partial charge on any atom is -0.369 e. The number of rotatable bonds is 3. The van der Waals surface area contributed by atoms with E-state index in [-0.39, 0.29) is 10.4 Å². The number of primary amides is 2. The number of H-pyrrole nitrogens is 1. The van der Waals surface area contributed by atoms with Crippen LogP contribution in [0, 0.1) is 0 Å². The summed E-state index contributed by atoms with van der Waals surface area (Å²) in [5.74, 6) is -2.07. The Hall–Kier alpha value is -2.67. The van der Waals surface area contributed by atoms with Crippen LogP contribution in [0.25, 0.3) is 21.0 Å². The number of nitrogens with two attached hydrogens (primary N) is 2. The van der Waals surface area contributed by atoms with E-state index in [2.05, 4.69) is 4.98 Å². The third-order valence-electron chi connectivity index (χ3n) is 3.68. The molecule has 6 nitrogen and oxygen atoms in total. The Labute approximate surface area is 128 Å². The minimum absolute atomic E-state index is 0.197. The summed E-state index contributed by atoms with van der Waals surface area (Å²) in [6, 6.07) is 7.26. The highest BCUT2D eigenvalue weighted by molar-refractivity contribution is 7.22. The van der Waals surface area contributed by atoms with Crippen LogP contribution in [-0.2, 0) is 4.79 Å². The van der Waals surface area contributed by atoms with Crippen LogP contribution in [0.3, 0.4) is 0 Å². The molecule has 0 bridgehead atoms. The van der Waals surface area contributed by atoms with Crippen molar-refractivity contribution in [1.29, 1.82) is 0 Å². The number of nitrogens with one attached hydrogen (secondary N) is 1. The Balaban J connectivity index is 2.55. The van der Waals surface area contributed by atoms with Gasteiger partial charge in [-0.15, -0.1) is 11.3 Å². The molecule has 2 aromatic heterocycles. The zero-order valence-electron chi connectivity index (χ0n) is 11.7. The molecule has 1 atom stereocenters. The topological polar surface area (TPSA) is 119 Å². The number of para-hydroxylation sites is 1. The van der Waals surface area contributed by atoms with Crippen molar-refractivity contribution in [1.82, 2.24) is 4.98 Å². The van der Waals surface area contributed by atoms with Gasteiger partial charge >= 0.3 is 0 Å². The maximum Gasteiger partial charge on any atom is 0.259 e. The number of benzene rings is 1. The lowest BCUT2D eigenvalue weighted by atomic mass is 9.97. The summed E-state index contributed by atoms with van der Waals surface area (Å²) in [6.07, 6.45) is 0. The molecule has 0 aliphatic rings. The number of aromatic amines is 1. The zero-order chi connectivity index (χ0) is 16.0. The van der Waals surface area contributed by atoms with Gasteiger partial charge in [0.25, 0.3) is 11.5 Å². The van der Waals surface area contributed by atoms with Gasteiger partial charge in [-0.2, -0.15) is 0 Å². The second-order valence-corrected chi connectivity index (χ2v) is 6.06. The molecule has 112 valence electrons. The highest BCUT2D eigenvalue weighted by atomic mass is 32.1. The second kappa shape index (κ2) is 4.96. The summed E-state index contributed by atoms with van der Waals surface area (Å²) in [6.45, 7) is 1.56. The van der Waals surface area contributed by atoms with Gasteiger partial charge < -0.3 is 16.5 Å². The van der Waals surface area contributed by atoms with E-state index in [0.717, 1.165) is 16.7 Å². The Bertz CT molecular complexity index is 987. The van der Waals surface area contributed by atoms with Crippen molar-refractivity contribution in [3.05, 3.63) is 45.1 Å². The summed E-state index contributed by atoms with van der Waals surface area (Å²) in [5.41, 5.74) is 11.4. The molecule has 2 amide bonds. The molecule has 7 heteroatoms. The summed E-state index contributed by atoms with van der Waals surface area (Å²) < 4.78 is 0.635. The van der Waals surface area contributed by atoms with Gasteiger partial charge in [0.15, 0.2) is 0 Å². The molecule has 22 heavy (non-hydrogen) atoms. The third kappa shape index (κ3) is 1.98. The molecule has 0 aliphatic carbocycles. The zero-order valence-corrected chi connectivity index (χ0v) is 12.5. The molecule has 1 aromatic carbocycles. The van der Waals surface area contributed by atoms with E-state index < -0.39 is 17.7 Å². The van der Waals surface area contributed by atoms with E-state index in [1.165, 1.54) is 0 Å². The fourth-order valence-electron chi connectivity index (χ4n) is 2.57. The van der Waals surface area contributed by atoms with Gasteiger partial charge in [-0.25, -0.2) is 0 Å². The summed E-state index contributed by atoms with van der Waals surface area (Å²) in [4.78, 5) is 38.7. The standard InChI is InChI=1S/C15H13N3O3S/c1-6(13(16)19)9-10-11(22-12(9)14(17)20)7-4-2-3-5-8(7)18-15(10)21/h2-6H,1H3,(H2,16,19)(H2,17,20)(H,18,21). The first-order valence-electron chi connectivity index (χ1n) is 6.58. The molecule has 0 saturated heterocycles. The van der Waals surface area contributed by atoms with E-state index in [1.54, 1.807) is 19.1 Å². The number of carbonyl (C=O) groups is 2. The molecular formula is C15H13N3O3S. The Morgan fingerprint density at radius 2 is 1.91 bits per heavy atom. The molecule has 0 radical (unpaired) electrons. The van der Waals surface area contributed by atoms with E-state index in [1.807, 2.05) is 12.1 Å². The molecule has 0 spiro atoms. The van der Waals surface area contributed by atoms with E-state index in [0.29, 0.717) is 21.2 Å². The third-order valence-corrected chi connectivity index (χ3v) is 4.93. The highest BCUT2D eigenvalue weighted by Crippen LogP contribution is 2.37. The van der Waals surface area contributed by atoms with Crippen LogP contribution in [-0.4, -0.2) is 16.8 Å². The first kappa shape index (κ1) is 14.3. The Morgan fingerprint density at radius 3 is 2.55 bits per heavy atom. The van der Waals surface area contributed by atoms with Crippen LogP contribution in [0.4, 0.5) is 0 Å². The average molecular weight is 315 g/mol. The Kier molecular flexibility index (Phi) is 3.22. The van der Waals surface area contributed by atoms with Gasteiger partial charge in [0.05, 0.1) is 20.9 Å². The highest BCUT2D eigenvalue weighted by Gasteiger charge is 2.27. The van der Waals surface area contributed by atoms with Crippen LogP contribution in [0.15, 0.2) is 29.1 Å². The van der Waals surface area contributed by atoms with Crippen molar-refractivity contribution in [3.63, 3.8) is 0 Å². The quantitative estimate of drug-likeness (QED) is 0.678. The normalized spacial score (nSPS) is 12.6. The molecule has 0 aliphatic heterocycles. The lowest BCUT2D eigenvalue weighted by Gasteiger charge is -2.08. The monoisotopic (exact) mass is 315 g/mol. The molecule has 5 N–H and O–H groups in total. The number of aromatic nitrogens is 1. The molecular weight excluding hydrogens is 302 g/mol. The number of fused-ring (bicyclic) bond motifs is 3. The van der Waals surface area contributed by atoms with Crippen molar-refractivity contribution in [2.24, 2.45) is 11.5 Å². The van der Waals surface area contributed by atoms with Gasteiger partial charge in [0, 0.05) is 16.5 Å². The van der Waals surface area contributed by atoms with E-state index in [9.17, 15) is 14.4 Å². The second-order valence-electron chi connectivity index (χ2n) is 5.04. The lowest BCUT2D eigenvalue weighted by molar-refractivity contribution is -0.119. The van der Waals surface area contributed by atoms with Gasteiger partial charge in [-0.3, -0.25) is 14.4 Å². The maximum absolute atomic E-state index is 12.4. The number of thiophene rings is 1. The lowest BCUT2D eigenvalue weighted by Crippen LogP contribution is -2.23. The SMILES string of the molecule is CC(C(N)=O)c1c(C(N)=O)sc2c1c(=O)[nH]c1ccccc12. The first-order chi connectivity index (χ1) is 10.4. The Morgan fingerprint density at radius 1 is 1.23 bits per heavy atom. The van der Waals surface area contributed by atoms with Gasteiger partial charge in [-0.05, 0) is 13.0 Å². The largest absolute Gasteiger partial charge is 0.369 e. The van der Waals surface area contributed by atoms with Crippen LogP contribution in [0.1, 0.15) is 28.1 Å². The fourth-order valence-corrected chi connectivity index (χ4v) is 3.86. The molecule has 2 heterocycles. The summed E-state index contributed by atoms with van der Waals surface area (Å²) in [7, 11) is 0. The molecule has 3 rings (SSSR count). The van der Waals surface area contributed by atoms with Crippen molar-refractivity contribution >= 4 is 44.1 Å². The molecule has 3 aromatic rings. The van der Waals surface area contributed by atoms with Crippen LogP contribution in [0.5, 0.6) is 0 Å². The van der Waals surface area contributed by atoms with E-state index in [4.69, 9.17) is 11.5 Å². The fraction of sp³-hybridized carbons (Fsp3) is 0.133. The minimum atomic E-state index is -0.779. The van der Waals surface area contributed by atoms with Gasteiger partial charge in [-0.1, -0.05) is 18.2 Å². The van der Waals surface area contributed by atoms with Crippen molar-refractivity contribution in [3.8, 4) is 0 Å². The van der Waals surface area contributed by atoms with Crippen LogP contribution in [0.2, 0.25) is 0 Å². The number of hydrogen-bond acceptors (Lipinski definition) is 4. The predicted octanol–water partition coefficient (Wildman–Crippen LogP) is 1.43. The summed E-state index contributed by atoms with van der Waals surface area (Å²) in [5, 5.41) is 1.11. The van der Waals surface area contributed by atoms with Crippen molar-refractivity contribution in [2.45, 2.75) is 12.8 Å². The number of hydrogen-bond donors (Lipinski definition) is 3. The molecule has 0 fully saturated rings.